The van der Waals surface area contributed by atoms with Crippen molar-refractivity contribution < 1.29 is 5.11 Å². The molecular weight excluding hydrogens is 456 g/mol. The topological polar surface area (TPSA) is 91.4 Å². The van der Waals surface area contributed by atoms with Crippen LogP contribution in [-0.4, -0.2) is 51.6 Å². The summed E-state index contributed by atoms with van der Waals surface area (Å²) in [6, 6.07) is 6.26. The van der Waals surface area contributed by atoms with Gasteiger partial charge in [0, 0.05) is 34.8 Å². The lowest BCUT2D eigenvalue weighted by Gasteiger charge is -2.38. The first-order chi connectivity index (χ1) is 15.8. The average molecular weight is 481 g/mol. The quantitative estimate of drug-likeness (QED) is 0.542. The molecule has 9 heteroatoms. The number of halogens is 1. The Labute approximate surface area is 202 Å². The molecule has 0 amide bonds. The van der Waals surface area contributed by atoms with Crippen molar-refractivity contribution in [2.75, 3.05) is 37.3 Å². The molecule has 3 N–H and O–H groups in total. The van der Waals surface area contributed by atoms with Gasteiger partial charge in [-0.25, -0.2) is 9.97 Å². The summed E-state index contributed by atoms with van der Waals surface area (Å²) in [7, 11) is 2.16. The second-order valence-corrected chi connectivity index (χ2v) is 10.3. The van der Waals surface area contributed by atoms with Gasteiger partial charge >= 0.3 is 0 Å². The fourth-order valence-electron chi connectivity index (χ4n) is 4.69. The zero-order valence-electron chi connectivity index (χ0n) is 18.5. The molecular formula is C24H25ClN6OS. The fourth-order valence-corrected chi connectivity index (χ4v) is 5.53. The molecule has 1 spiro atoms. The van der Waals surface area contributed by atoms with Crippen LogP contribution < -0.4 is 10.6 Å². The molecule has 2 aromatic heterocycles. The van der Waals surface area contributed by atoms with Gasteiger partial charge in [-0.15, -0.1) is 11.3 Å². The van der Waals surface area contributed by atoms with Crippen LogP contribution in [0, 0.1) is 11.8 Å². The van der Waals surface area contributed by atoms with Crippen molar-refractivity contribution in [3.8, 4) is 11.8 Å². The van der Waals surface area contributed by atoms with Gasteiger partial charge in [0.25, 0.3) is 0 Å². The van der Waals surface area contributed by atoms with E-state index in [4.69, 9.17) is 17.3 Å². The zero-order valence-corrected chi connectivity index (χ0v) is 20.1. The first-order valence-electron chi connectivity index (χ1n) is 10.8. The lowest BCUT2D eigenvalue weighted by atomic mass is 9.74. The van der Waals surface area contributed by atoms with E-state index in [-0.39, 0.29) is 11.4 Å². The summed E-state index contributed by atoms with van der Waals surface area (Å²) in [5, 5.41) is 13.6. The number of rotatable bonds is 2. The predicted molar refractivity (Wildman–Crippen MR) is 132 cm³/mol. The summed E-state index contributed by atoms with van der Waals surface area (Å²) in [6.45, 7) is 4.51. The maximum absolute atomic E-state index is 10.8. The van der Waals surface area contributed by atoms with Gasteiger partial charge in [0.15, 0.2) is 11.4 Å². The molecule has 1 atom stereocenters. The Kier molecular flexibility index (Phi) is 5.53. The van der Waals surface area contributed by atoms with Crippen molar-refractivity contribution in [1.82, 2.24) is 19.9 Å². The Morgan fingerprint density at radius 2 is 2.06 bits per heavy atom. The Morgan fingerprint density at radius 3 is 2.79 bits per heavy atom. The number of aromatic nitrogens is 3. The highest BCUT2D eigenvalue weighted by atomic mass is 35.5. The largest absolute Gasteiger partial charge is 0.371 e. The molecule has 5 rings (SSSR count). The molecule has 1 saturated heterocycles. The molecule has 0 aliphatic carbocycles. The van der Waals surface area contributed by atoms with Crippen LogP contribution in [0.5, 0.6) is 0 Å². The van der Waals surface area contributed by atoms with Crippen LogP contribution in [0.1, 0.15) is 35.9 Å². The van der Waals surface area contributed by atoms with Crippen LogP contribution in [-0.2, 0) is 11.0 Å². The van der Waals surface area contributed by atoms with Gasteiger partial charge < -0.3 is 20.6 Å². The molecule has 0 radical (unpaired) electrons. The van der Waals surface area contributed by atoms with E-state index in [9.17, 15) is 5.11 Å². The minimum absolute atomic E-state index is 0.0171. The Morgan fingerprint density at radius 1 is 1.27 bits per heavy atom. The lowest BCUT2D eigenvalue weighted by Crippen LogP contribution is -2.43. The van der Waals surface area contributed by atoms with E-state index in [2.05, 4.69) is 55.8 Å². The molecule has 2 aliphatic heterocycles. The van der Waals surface area contributed by atoms with Crippen molar-refractivity contribution in [2.45, 2.75) is 30.8 Å². The molecule has 1 aromatic carbocycles. The minimum Gasteiger partial charge on any atom is -0.371 e. The summed E-state index contributed by atoms with van der Waals surface area (Å²) >= 11 is 7.90. The van der Waals surface area contributed by atoms with E-state index in [0.717, 1.165) is 43.7 Å². The van der Waals surface area contributed by atoms with Gasteiger partial charge in [-0.05, 0) is 57.6 Å². The van der Waals surface area contributed by atoms with E-state index in [1.807, 2.05) is 11.4 Å². The number of anilines is 3. The fraction of sp³-hybridized carbons (Fsp3) is 0.375. The van der Waals surface area contributed by atoms with Gasteiger partial charge in [-0.3, -0.25) is 0 Å². The van der Waals surface area contributed by atoms with Crippen LogP contribution in [0.25, 0.3) is 0 Å². The SMILES string of the molecule is CN1CCC2(CC1)CN(c1nc(N)ncc1Cl)c1cc(C#CC(C)(O)c3nccs3)ccc12. The average Bonchev–Trinajstić information content (AvgIpc) is 3.44. The zero-order chi connectivity index (χ0) is 23.2. The van der Waals surface area contributed by atoms with Gasteiger partial charge in [-0.2, -0.15) is 4.98 Å². The molecule has 0 saturated carbocycles. The van der Waals surface area contributed by atoms with E-state index in [1.165, 1.54) is 16.9 Å². The molecule has 1 unspecified atom stereocenters. The standard InChI is InChI=1S/C24H25ClN6OS/c1-23(32,21-27-9-12-33-21)6-5-16-3-4-17-19(13-16)31(20-18(25)14-28-22(26)29-20)15-24(17)7-10-30(2)11-8-24/h3-4,9,12-14,32H,7-8,10-11,15H2,1-2H3,(H2,26,28,29). The third-order valence-electron chi connectivity index (χ3n) is 6.56. The normalized spacial score (nSPS) is 19.1. The summed E-state index contributed by atoms with van der Waals surface area (Å²) in [4.78, 5) is 17.2. The number of thiazole rings is 1. The van der Waals surface area contributed by atoms with Gasteiger partial charge in [-0.1, -0.05) is 29.5 Å². The van der Waals surface area contributed by atoms with E-state index in [0.29, 0.717) is 15.8 Å². The van der Waals surface area contributed by atoms with Gasteiger partial charge in [0.2, 0.25) is 5.95 Å². The molecule has 1 fully saturated rings. The second-order valence-electron chi connectivity index (χ2n) is 8.96. The maximum atomic E-state index is 10.8. The third kappa shape index (κ3) is 4.06. The van der Waals surface area contributed by atoms with Crippen molar-refractivity contribution in [1.29, 1.82) is 0 Å². The Balaban J connectivity index is 1.58. The summed E-state index contributed by atoms with van der Waals surface area (Å²) in [6.07, 6.45) is 5.32. The van der Waals surface area contributed by atoms with E-state index in [1.54, 1.807) is 19.3 Å². The number of aliphatic hydroxyl groups is 1. The molecule has 3 aromatic rings. The van der Waals surface area contributed by atoms with Crippen molar-refractivity contribution in [3.63, 3.8) is 0 Å². The second kappa shape index (κ2) is 8.26. The summed E-state index contributed by atoms with van der Waals surface area (Å²) in [5.74, 6) is 6.92. The summed E-state index contributed by atoms with van der Waals surface area (Å²) < 4.78 is 0. The number of nitrogen functional groups attached to an aromatic ring is 1. The van der Waals surface area contributed by atoms with E-state index >= 15 is 0 Å². The number of nitrogens with zero attached hydrogens (tertiary/aromatic N) is 5. The van der Waals surface area contributed by atoms with E-state index < -0.39 is 5.60 Å². The number of hydrogen-bond donors (Lipinski definition) is 2. The minimum atomic E-state index is -1.31. The molecule has 0 bridgehead atoms. The highest BCUT2D eigenvalue weighted by molar-refractivity contribution is 7.09. The number of benzene rings is 1. The van der Waals surface area contributed by atoms with Crippen LogP contribution in [0.15, 0.2) is 36.0 Å². The number of piperidine rings is 1. The van der Waals surface area contributed by atoms with Gasteiger partial charge in [0.1, 0.15) is 10.0 Å². The number of nitrogens with two attached hydrogens (primary N) is 1. The molecule has 2 aliphatic rings. The maximum Gasteiger partial charge on any atom is 0.222 e. The molecule has 170 valence electrons. The third-order valence-corrected chi connectivity index (χ3v) is 7.81. The van der Waals surface area contributed by atoms with Crippen LogP contribution in [0.3, 0.4) is 0 Å². The van der Waals surface area contributed by atoms with Crippen molar-refractivity contribution in [3.05, 3.63) is 57.1 Å². The smallest absolute Gasteiger partial charge is 0.222 e. The molecule has 7 nitrogen and oxygen atoms in total. The highest BCUT2D eigenvalue weighted by Crippen LogP contribution is 2.50. The summed E-state index contributed by atoms with van der Waals surface area (Å²) in [5.41, 5.74) is 7.72. The molecule has 33 heavy (non-hydrogen) atoms. The van der Waals surface area contributed by atoms with Crippen LogP contribution in [0.4, 0.5) is 17.5 Å². The number of likely N-dealkylation sites (tertiary alicyclic amines) is 1. The first kappa shape index (κ1) is 22.1. The lowest BCUT2D eigenvalue weighted by molar-refractivity contribution is 0.122. The first-order valence-corrected chi connectivity index (χ1v) is 12.1. The predicted octanol–water partition coefficient (Wildman–Crippen LogP) is 3.54. The molecule has 4 heterocycles. The van der Waals surface area contributed by atoms with Crippen LogP contribution in [0.2, 0.25) is 5.02 Å². The van der Waals surface area contributed by atoms with Crippen LogP contribution >= 0.6 is 22.9 Å². The van der Waals surface area contributed by atoms with Crippen molar-refractivity contribution >= 4 is 40.4 Å². The number of hydrogen-bond acceptors (Lipinski definition) is 8. The Hall–Kier alpha value is -2.70. The Bertz CT molecular complexity index is 1240. The number of fused-ring (bicyclic) bond motifs is 2. The van der Waals surface area contributed by atoms with Crippen molar-refractivity contribution in [2.24, 2.45) is 0 Å². The monoisotopic (exact) mass is 480 g/mol. The highest BCUT2D eigenvalue weighted by Gasteiger charge is 2.45. The van der Waals surface area contributed by atoms with Gasteiger partial charge in [0.05, 0.1) is 6.20 Å².